The largest absolute Gasteiger partial charge is 0.497 e. The van der Waals surface area contributed by atoms with E-state index in [9.17, 15) is 18.0 Å². The summed E-state index contributed by atoms with van der Waals surface area (Å²) in [4.78, 5) is 24.3. The molecule has 8 nitrogen and oxygen atoms in total. The van der Waals surface area contributed by atoms with Crippen molar-refractivity contribution in [2.45, 2.75) is 0 Å². The van der Waals surface area contributed by atoms with Gasteiger partial charge in [0.05, 0.1) is 31.7 Å². The normalized spacial score (nSPS) is 10.8. The molecule has 2 aromatic rings. The number of nitrogens with zero attached hydrogens (tertiary/aromatic N) is 1. The summed E-state index contributed by atoms with van der Waals surface area (Å²) in [5.41, 5.74) is 0.593. The fourth-order valence-electron chi connectivity index (χ4n) is 2.36. The molecule has 0 unspecified atom stereocenters. The summed E-state index contributed by atoms with van der Waals surface area (Å²) in [7, 11) is -1.12. The lowest BCUT2D eigenvalue weighted by atomic mass is 10.2. The van der Waals surface area contributed by atoms with Crippen LogP contribution < -0.4 is 14.4 Å². The molecule has 0 atom stereocenters. The van der Waals surface area contributed by atoms with Crippen molar-refractivity contribution in [1.82, 2.24) is 0 Å². The van der Waals surface area contributed by atoms with Crippen molar-refractivity contribution >= 4 is 33.3 Å². The third-order valence-electron chi connectivity index (χ3n) is 3.64. The van der Waals surface area contributed by atoms with Crippen LogP contribution in [-0.2, 0) is 19.6 Å². The van der Waals surface area contributed by atoms with Gasteiger partial charge in [0, 0.05) is 5.69 Å². The second-order valence-electron chi connectivity index (χ2n) is 5.56. The Morgan fingerprint density at radius 1 is 1.04 bits per heavy atom. The van der Waals surface area contributed by atoms with Crippen molar-refractivity contribution in [3.8, 4) is 5.75 Å². The van der Waals surface area contributed by atoms with Crippen molar-refractivity contribution in [2.24, 2.45) is 0 Å². The Bertz CT molecular complexity index is 925. The van der Waals surface area contributed by atoms with Gasteiger partial charge in [-0.15, -0.1) is 0 Å². The number of benzene rings is 2. The number of esters is 1. The van der Waals surface area contributed by atoms with E-state index in [0.717, 1.165) is 10.6 Å². The minimum atomic E-state index is -3.84. The predicted octanol–water partition coefficient (Wildman–Crippen LogP) is 1.89. The number of ether oxygens (including phenoxy) is 2. The third kappa shape index (κ3) is 5.20. The lowest BCUT2D eigenvalue weighted by Gasteiger charge is -2.23. The molecular weight excluding hydrogens is 372 g/mol. The average molecular weight is 392 g/mol. The Labute approximate surface area is 157 Å². The number of amides is 1. The van der Waals surface area contributed by atoms with Gasteiger partial charge in [-0.3, -0.25) is 9.10 Å². The zero-order valence-corrected chi connectivity index (χ0v) is 15.9. The van der Waals surface area contributed by atoms with E-state index >= 15 is 0 Å². The van der Waals surface area contributed by atoms with Crippen LogP contribution in [0.3, 0.4) is 0 Å². The number of anilines is 2. The Morgan fingerprint density at radius 3 is 2.22 bits per heavy atom. The minimum absolute atomic E-state index is 0.0441. The fraction of sp³-hybridized carbons (Fsp3) is 0.222. The molecule has 9 heteroatoms. The topological polar surface area (TPSA) is 102 Å². The smallest absolute Gasteiger partial charge is 0.340 e. The van der Waals surface area contributed by atoms with E-state index in [2.05, 4.69) is 10.1 Å². The maximum atomic E-state index is 12.4. The quantitative estimate of drug-likeness (QED) is 0.722. The Hall–Kier alpha value is -3.07. The van der Waals surface area contributed by atoms with Crippen LogP contribution in [0.25, 0.3) is 0 Å². The van der Waals surface area contributed by atoms with E-state index < -0.39 is 28.4 Å². The number of carbonyl (C=O) groups is 2. The molecule has 0 aliphatic carbocycles. The Kier molecular flexibility index (Phi) is 6.40. The number of nitrogens with one attached hydrogen (secondary N) is 1. The maximum absolute atomic E-state index is 12.4. The highest BCUT2D eigenvalue weighted by molar-refractivity contribution is 7.92. The summed E-state index contributed by atoms with van der Waals surface area (Å²) in [6.07, 6.45) is 0.960. The molecular formula is C18H20N2O6S. The molecule has 0 spiro atoms. The van der Waals surface area contributed by atoms with Crippen molar-refractivity contribution in [2.75, 3.05) is 36.6 Å². The Morgan fingerprint density at radius 2 is 1.67 bits per heavy atom. The maximum Gasteiger partial charge on any atom is 0.340 e. The predicted molar refractivity (Wildman–Crippen MR) is 102 cm³/mol. The monoisotopic (exact) mass is 392 g/mol. The molecule has 0 aliphatic heterocycles. The minimum Gasteiger partial charge on any atom is -0.497 e. The van der Waals surface area contributed by atoms with Gasteiger partial charge in [-0.05, 0) is 36.4 Å². The Balaban J connectivity index is 2.28. The first kappa shape index (κ1) is 20.2. The van der Waals surface area contributed by atoms with Gasteiger partial charge < -0.3 is 14.8 Å². The summed E-state index contributed by atoms with van der Waals surface area (Å²) >= 11 is 0. The second kappa shape index (κ2) is 8.54. The number of rotatable bonds is 7. The SMILES string of the molecule is COC(=O)c1ccccc1N(CC(=O)Nc1ccc(OC)cc1)S(C)(=O)=O. The van der Waals surface area contributed by atoms with E-state index in [0.29, 0.717) is 11.4 Å². The van der Waals surface area contributed by atoms with E-state index in [1.165, 1.54) is 26.4 Å². The fourth-order valence-corrected chi connectivity index (χ4v) is 3.23. The summed E-state index contributed by atoms with van der Waals surface area (Å²) in [5.74, 6) is -0.641. The van der Waals surface area contributed by atoms with Gasteiger partial charge >= 0.3 is 5.97 Å². The van der Waals surface area contributed by atoms with Crippen molar-refractivity contribution in [3.05, 3.63) is 54.1 Å². The summed E-state index contributed by atoms with van der Waals surface area (Å²) in [6.45, 7) is -0.501. The van der Waals surface area contributed by atoms with Crippen LogP contribution in [0.1, 0.15) is 10.4 Å². The molecule has 0 heterocycles. The van der Waals surface area contributed by atoms with Crippen molar-refractivity contribution in [3.63, 3.8) is 0 Å². The van der Waals surface area contributed by atoms with Gasteiger partial charge in [0.2, 0.25) is 15.9 Å². The van der Waals surface area contributed by atoms with Gasteiger partial charge in [-0.2, -0.15) is 0 Å². The van der Waals surface area contributed by atoms with E-state index in [1.807, 2.05) is 0 Å². The lowest BCUT2D eigenvalue weighted by Crippen LogP contribution is -2.38. The third-order valence-corrected chi connectivity index (χ3v) is 4.77. The van der Waals surface area contributed by atoms with Gasteiger partial charge in [0.1, 0.15) is 12.3 Å². The molecule has 0 aliphatic rings. The van der Waals surface area contributed by atoms with Gasteiger partial charge in [-0.25, -0.2) is 13.2 Å². The molecule has 144 valence electrons. The number of hydrogen-bond donors (Lipinski definition) is 1. The zero-order chi connectivity index (χ0) is 20.0. The van der Waals surface area contributed by atoms with Crippen LogP contribution >= 0.6 is 0 Å². The van der Waals surface area contributed by atoms with Crippen LogP contribution in [0, 0.1) is 0 Å². The highest BCUT2D eigenvalue weighted by Crippen LogP contribution is 2.24. The van der Waals surface area contributed by atoms with Gasteiger partial charge in [0.25, 0.3) is 0 Å². The first-order valence-corrected chi connectivity index (χ1v) is 9.70. The molecule has 27 heavy (non-hydrogen) atoms. The van der Waals surface area contributed by atoms with Crippen molar-refractivity contribution < 1.29 is 27.5 Å². The first-order valence-electron chi connectivity index (χ1n) is 7.85. The molecule has 0 saturated carbocycles. The highest BCUT2D eigenvalue weighted by atomic mass is 32.2. The molecule has 0 bridgehead atoms. The standard InChI is InChI=1S/C18H20N2O6S/c1-25-14-10-8-13(9-11-14)19-17(21)12-20(27(3,23)24)16-7-5-4-6-15(16)18(22)26-2/h4-11H,12H2,1-3H3,(H,19,21). The molecule has 2 rings (SSSR count). The van der Waals surface area contributed by atoms with Crippen LogP contribution in [0.5, 0.6) is 5.75 Å². The van der Waals surface area contributed by atoms with Crippen LogP contribution in [0.15, 0.2) is 48.5 Å². The molecule has 0 aromatic heterocycles. The summed E-state index contributed by atoms with van der Waals surface area (Å²) in [5, 5.41) is 2.61. The number of carbonyl (C=O) groups excluding carboxylic acids is 2. The molecule has 1 amide bonds. The molecule has 0 radical (unpaired) electrons. The number of methoxy groups -OCH3 is 2. The van der Waals surface area contributed by atoms with E-state index in [4.69, 9.17) is 4.74 Å². The van der Waals surface area contributed by atoms with E-state index in [1.54, 1.807) is 36.4 Å². The number of para-hydroxylation sites is 1. The van der Waals surface area contributed by atoms with Crippen LogP contribution in [0.2, 0.25) is 0 Å². The zero-order valence-electron chi connectivity index (χ0n) is 15.1. The average Bonchev–Trinajstić information content (AvgIpc) is 2.65. The lowest BCUT2D eigenvalue weighted by molar-refractivity contribution is -0.114. The second-order valence-corrected chi connectivity index (χ2v) is 7.46. The van der Waals surface area contributed by atoms with Crippen LogP contribution in [0.4, 0.5) is 11.4 Å². The first-order chi connectivity index (χ1) is 12.8. The summed E-state index contributed by atoms with van der Waals surface area (Å²) in [6, 6.07) is 12.6. The molecule has 0 fully saturated rings. The van der Waals surface area contributed by atoms with Gasteiger partial charge in [0.15, 0.2) is 0 Å². The van der Waals surface area contributed by atoms with Crippen molar-refractivity contribution in [1.29, 1.82) is 0 Å². The van der Waals surface area contributed by atoms with Gasteiger partial charge in [-0.1, -0.05) is 12.1 Å². The highest BCUT2D eigenvalue weighted by Gasteiger charge is 2.25. The molecule has 1 N–H and O–H groups in total. The number of hydrogen-bond acceptors (Lipinski definition) is 6. The molecule has 0 saturated heterocycles. The summed E-state index contributed by atoms with van der Waals surface area (Å²) < 4.78 is 35.1. The van der Waals surface area contributed by atoms with Crippen LogP contribution in [-0.4, -0.2) is 47.3 Å². The number of sulfonamides is 1. The van der Waals surface area contributed by atoms with E-state index in [-0.39, 0.29) is 11.3 Å². The molecule has 2 aromatic carbocycles.